The number of rotatable bonds is 4. The zero-order valence-electron chi connectivity index (χ0n) is 17.0. The minimum Gasteiger partial charge on any atom is -0.333 e. The second kappa shape index (κ2) is 8.32. The zero-order valence-corrected chi connectivity index (χ0v) is 18.6. The van der Waals surface area contributed by atoms with Crippen LogP contribution in [0.15, 0.2) is 17.5 Å². The van der Waals surface area contributed by atoms with Crippen LogP contribution in [0.25, 0.3) is 0 Å². The molecule has 31 heavy (non-hydrogen) atoms. The van der Waals surface area contributed by atoms with Crippen LogP contribution >= 0.6 is 22.9 Å². The molecule has 1 aromatic heterocycles. The number of carbonyl (C=O) groups is 4. The number of piperidine rings is 1. The lowest BCUT2D eigenvalue weighted by Crippen LogP contribution is -2.52. The number of aryl methyl sites for hydroxylation is 2. The third-order valence-electron chi connectivity index (χ3n) is 5.55. The second-order valence-corrected chi connectivity index (χ2v) is 9.05. The molecule has 0 unspecified atom stereocenters. The standard InChI is InChI=1S/C21H21ClN4O4S/c1-10-5-11(2)15(6-14(10)22)24-21(30)23-7-17-12-8-26(20(29)13(12)9-31-17)16-3-4-18(27)25-19(16)28/h5-6,9,16H,3-4,7-8H2,1-2H3,(H2,23,24,30)(H,25,27,28)/t16-/m1/s1. The highest BCUT2D eigenvalue weighted by molar-refractivity contribution is 7.10. The van der Waals surface area contributed by atoms with E-state index in [0.29, 0.717) is 22.7 Å². The molecule has 5 amide bonds. The van der Waals surface area contributed by atoms with Gasteiger partial charge in [0.25, 0.3) is 5.91 Å². The number of thiophene rings is 1. The van der Waals surface area contributed by atoms with Gasteiger partial charge in [0.2, 0.25) is 11.8 Å². The smallest absolute Gasteiger partial charge is 0.319 e. The van der Waals surface area contributed by atoms with Crippen LogP contribution in [0.2, 0.25) is 5.02 Å². The van der Waals surface area contributed by atoms with Gasteiger partial charge in [-0.15, -0.1) is 11.3 Å². The Balaban J connectivity index is 1.40. The summed E-state index contributed by atoms with van der Waals surface area (Å²) in [5, 5.41) is 10.2. The molecule has 0 radical (unpaired) electrons. The fraction of sp³-hybridized carbons (Fsp3) is 0.333. The molecule has 0 saturated carbocycles. The molecule has 0 bridgehead atoms. The van der Waals surface area contributed by atoms with Crippen LogP contribution in [0.5, 0.6) is 0 Å². The largest absolute Gasteiger partial charge is 0.333 e. The molecule has 8 nitrogen and oxygen atoms in total. The molecule has 2 aliphatic rings. The van der Waals surface area contributed by atoms with Crippen LogP contribution in [-0.4, -0.2) is 34.7 Å². The summed E-state index contributed by atoms with van der Waals surface area (Å²) in [4.78, 5) is 51.1. The van der Waals surface area contributed by atoms with E-state index in [1.54, 1.807) is 11.4 Å². The Hall–Kier alpha value is -2.91. The number of amides is 5. The molecule has 2 aromatic rings. The van der Waals surface area contributed by atoms with Crippen molar-refractivity contribution in [2.45, 2.75) is 45.8 Å². The first-order chi connectivity index (χ1) is 14.7. The predicted octanol–water partition coefficient (Wildman–Crippen LogP) is 3.10. The summed E-state index contributed by atoms with van der Waals surface area (Å²) >= 11 is 7.54. The first-order valence-electron chi connectivity index (χ1n) is 9.80. The summed E-state index contributed by atoms with van der Waals surface area (Å²) in [5.74, 6) is -0.978. The number of benzene rings is 1. The van der Waals surface area contributed by atoms with E-state index in [1.165, 1.54) is 16.2 Å². The van der Waals surface area contributed by atoms with Gasteiger partial charge in [-0.25, -0.2) is 4.79 Å². The minimum atomic E-state index is -0.652. The minimum absolute atomic E-state index is 0.212. The highest BCUT2D eigenvalue weighted by Crippen LogP contribution is 2.33. The van der Waals surface area contributed by atoms with E-state index in [9.17, 15) is 19.2 Å². The number of hydrogen-bond acceptors (Lipinski definition) is 5. The monoisotopic (exact) mass is 460 g/mol. The van der Waals surface area contributed by atoms with Crippen molar-refractivity contribution in [2.24, 2.45) is 0 Å². The Morgan fingerprint density at radius 2 is 2.03 bits per heavy atom. The first-order valence-corrected chi connectivity index (χ1v) is 11.1. The summed E-state index contributed by atoms with van der Waals surface area (Å²) in [6.45, 7) is 4.33. The van der Waals surface area contributed by atoms with Gasteiger partial charge in [0.1, 0.15) is 6.04 Å². The maximum atomic E-state index is 12.8. The average molecular weight is 461 g/mol. The van der Waals surface area contributed by atoms with Crippen molar-refractivity contribution >= 4 is 52.4 Å². The van der Waals surface area contributed by atoms with Crippen molar-refractivity contribution in [1.29, 1.82) is 0 Å². The maximum absolute atomic E-state index is 12.8. The van der Waals surface area contributed by atoms with Gasteiger partial charge in [0.05, 0.1) is 12.1 Å². The van der Waals surface area contributed by atoms with Gasteiger partial charge in [-0.2, -0.15) is 0 Å². The van der Waals surface area contributed by atoms with Gasteiger partial charge in [0.15, 0.2) is 0 Å². The average Bonchev–Trinajstić information content (AvgIpc) is 3.25. The van der Waals surface area contributed by atoms with Crippen molar-refractivity contribution in [2.75, 3.05) is 5.32 Å². The number of nitrogens with one attached hydrogen (secondary N) is 3. The van der Waals surface area contributed by atoms with Crippen molar-refractivity contribution in [3.8, 4) is 0 Å². The van der Waals surface area contributed by atoms with Gasteiger partial charge in [-0.05, 0) is 43.0 Å². The second-order valence-electron chi connectivity index (χ2n) is 7.68. The fourth-order valence-electron chi connectivity index (χ4n) is 3.84. The number of imide groups is 1. The molecule has 1 fully saturated rings. The Morgan fingerprint density at radius 3 is 2.77 bits per heavy atom. The predicted molar refractivity (Wildman–Crippen MR) is 117 cm³/mol. The van der Waals surface area contributed by atoms with Gasteiger partial charge < -0.3 is 15.5 Å². The Labute approximate surface area is 187 Å². The molecule has 0 aliphatic carbocycles. The Morgan fingerprint density at radius 1 is 1.26 bits per heavy atom. The van der Waals surface area contributed by atoms with E-state index in [2.05, 4.69) is 16.0 Å². The lowest BCUT2D eigenvalue weighted by Gasteiger charge is -2.29. The number of urea groups is 1. The lowest BCUT2D eigenvalue weighted by atomic mass is 10.0. The molecule has 10 heteroatoms. The molecule has 1 atom stereocenters. The SMILES string of the molecule is Cc1cc(C)c(NC(=O)NCc2scc3c2CN([C@@H]2CCC(=O)NC2=O)C3=O)cc1Cl. The fourth-order valence-corrected chi connectivity index (χ4v) is 4.98. The molecule has 3 heterocycles. The van der Waals surface area contributed by atoms with Gasteiger partial charge >= 0.3 is 6.03 Å². The number of halogens is 1. The van der Waals surface area contributed by atoms with Crippen LogP contribution in [0, 0.1) is 13.8 Å². The molecular weight excluding hydrogens is 440 g/mol. The van der Waals surface area contributed by atoms with Crippen LogP contribution in [0.1, 0.15) is 44.8 Å². The molecule has 1 saturated heterocycles. The van der Waals surface area contributed by atoms with Crippen LogP contribution < -0.4 is 16.0 Å². The topological polar surface area (TPSA) is 108 Å². The van der Waals surface area contributed by atoms with E-state index in [4.69, 9.17) is 11.6 Å². The molecule has 4 rings (SSSR count). The first kappa shape index (κ1) is 21.3. The Kier molecular flexibility index (Phi) is 5.72. The van der Waals surface area contributed by atoms with E-state index in [-0.39, 0.29) is 37.4 Å². The third-order valence-corrected chi connectivity index (χ3v) is 6.99. The summed E-state index contributed by atoms with van der Waals surface area (Å²) in [7, 11) is 0. The number of carbonyl (C=O) groups excluding carboxylic acids is 4. The van der Waals surface area contributed by atoms with E-state index in [1.807, 2.05) is 19.9 Å². The number of nitrogens with zero attached hydrogens (tertiary/aromatic N) is 1. The summed E-state index contributed by atoms with van der Waals surface area (Å²) in [5.41, 5.74) is 3.83. The highest BCUT2D eigenvalue weighted by Gasteiger charge is 2.40. The maximum Gasteiger partial charge on any atom is 0.319 e. The Bertz CT molecular complexity index is 1110. The molecular formula is C21H21ClN4O4S. The molecule has 3 N–H and O–H groups in total. The molecule has 2 aliphatic heterocycles. The normalized spacial score (nSPS) is 18.1. The number of anilines is 1. The molecule has 0 spiro atoms. The number of fused-ring (bicyclic) bond motifs is 1. The van der Waals surface area contributed by atoms with Crippen LogP contribution in [0.4, 0.5) is 10.5 Å². The van der Waals surface area contributed by atoms with E-state index >= 15 is 0 Å². The van der Waals surface area contributed by atoms with Gasteiger partial charge in [-0.3, -0.25) is 19.7 Å². The quantitative estimate of drug-likeness (QED) is 0.609. The molecule has 1 aromatic carbocycles. The molecule has 162 valence electrons. The van der Waals surface area contributed by atoms with E-state index < -0.39 is 11.9 Å². The summed E-state index contributed by atoms with van der Waals surface area (Å²) in [6.07, 6.45) is 0.530. The van der Waals surface area contributed by atoms with E-state index in [0.717, 1.165) is 21.6 Å². The lowest BCUT2D eigenvalue weighted by molar-refractivity contribution is -0.136. The van der Waals surface area contributed by atoms with Crippen molar-refractivity contribution < 1.29 is 19.2 Å². The van der Waals surface area contributed by atoms with Gasteiger partial charge in [-0.1, -0.05) is 17.7 Å². The summed E-state index contributed by atoms with van der Waals surface area (Å²) < 4.78 is 0. The van der Waals surface area contributed by atoms with Crippen molar-refractivity contribution in [3.63, 3.8) is 0 Å². The van der Waals surface area contributed by atoms with Gasteiger partial charge in [0, 0.05) is 33.9 Å². The van der Waals surface area contributed by atoms with Crippen LogP contribution in [-0.2, 0) is 22.7 Å². The number of hydrogen-bond donors (Lipinski definition) is 3. The van der Waals surface area contributed by atoms with Crippen LogP contribution in [0.3, 0.4) is 0 Å². The third kappa shape index (κ3) is 4.15. The van der Waals surface area contributed by atoms with Crippen molar-refractivity contribution in [1.82, 2.24) is 15.5 Å². The van der Waals surface area contributed by atoms with Crippen molar-refractivity contribution in [3.05, 3.63) is 49.7 Å². The summed E-state index contributed by atoms with van der Waals surface area (Å²) in [6, 6.07) is 2.59. The zero-order chi connectivity index (χ0) is 22.3. The highest BCUT2D eigenvalue weighted by atomic mass is 35.5.